The number of thioether (sulfide) groups is 2. The predicted molar refractivity (Wildman–Crippen MR) is 120 cm³/mol. The average Bonchev–Trinajstić information content (AvgIpc) is 3.24. The molecule has 2 atom stereocenters. The van der Waals surface area contributed by atoms with Gasteiger partial charge in [0.05, 0.1) is 7.11 Å². The number of nitrogens with one attached hydrogen (secondary N) is 2. The summed E-state index contributed by atoms with van der Waals surface area (Å²) in [5.41, 5.74) is 1.40. The number of methoxy groups -OCH3 is 1. The number of urea groups is 1. The number of benzene rings is 1. The van der Waals surface area contributed by atoms with Crippen molar-refractivity contribution in [1.82, 2.24) is 25.7 Å². The minimum atomic E-state index is -1.19. The average molecular weight is 492 g/mol. The summed E-state index contributed by atoms with van der Waals surface area (Å²) < 4.78 is 10.4. The molecule has 2 aliphatic heterocycles. The Kier molecular flexibility index (Phi) is 6.79. The first-order chi connectivity index (χ1) is 15.9. The Hall–Kier alpha value is -3.19. The van der Waals surface area contributed by atoms with Crippen LogP contribution in [0.1, 0.15) is 11.5 Å². The number of rotatable bonds is 8. The monoisotopic (exact) mass is 491 g/mol. The van der Waals surface area contributed by atoms with Crippen LogP contribution >= 0.6 is 23.5 Å². The van der Waals surface area contributed by atoms with Crippen LogP contribution in [0, 0.1) is 6.92 Å². The fraction of sp³-hybridized carbons (Fsp3) is 0.350. The van der Waals surface area contributed by atoms with Gasteiger partial charge in [0.15, 0.2) is 0 Å². The number of fused-ring (bicyclic) bond motifs is 1. The van der Waals surface area contributed by atoms with Crippen molar-refractivity contribution in [3.63, 3.8) is 0 Å². The van der Waals surface area contributed by atoms with Crippen molar-refractivity contribution in [3.05, 3.63) is 47.0 Å². The molecule has 3 amide bonds. The zero-order valence-electron chi connectivity index (χ0n) is 17.7. The summed E-state index contributed by atoms with van der Waals surface area (Å²) in [4.78, 5) is 38.2. The lowest BCUT2D eigenvalue weighted by Gasteiger charge is -2.49. The molecule has 0 radical (unpaired) electrons. The third-order valence-electron chi connectivity index (χ3n) is 5.03. The number of hydrogen-bond donors (Lipinski definition) is 3. The molecule has 11 nitrogen and oxygen atoms in total. The van der Waals surface area contributed by atoms with Crippen molar-refractivity contribution in [3.8, 4) is 5.75 Å². The van der Waals surface area contributed by atoms with Crippen molar-refractivity contribution < 1.29 is 28.6 Å². The Labute approximate surface area is 197 Å². The largest absolute Gasteiger partial charge is 0.497 e. The number of aromatic nitrogens is 2. The summed E-state index contributed by atoms with van der Waals surface area (Å²) in [5.74, 6) is 0.188. The number of hydrogen-bond acceptors (Lipinski definition) is 9. The van der Waals surface area contributed by atoms with E-state index in [9.17, 15) is 19.5 Å². The minimum Gasteiger partial charge on any atom is -0.497 e. The number of nitrogens with zero attached hydrogens (tertiary/aromatic N) is 3. The quantitative estimate of drug-likeness (QED) is 0.367. The van der Waals surface area contributed by atoms with E-state index in [1.807, 2.05) is 12.1 Å². The first kappa shape index (κ1) is 23.0. The van der Waals surface area contributed by atoms with Gasteiger partial charge in [0.2, 0.25) is 5.89 Å². The van der Waals surface area contributed by atoms with Crippen molar-refractivity contribution >= 4 is 41.4 Å². The lowest BCUT2D eigenvalue weighted by atomic mass is 10.0. The highest BCUT2D eigenvalue weighted by molar-refractivity contribution is 8.01. The van der Waals surface area contributed by atoms with E-state index in [0.717, 1.165) is 5.56 Å². The molecule has 1 aromatic heterocycles. The molecule has 1 fully saturated rings. The fourth-order valence-corrected chi connectivity index (χ4v) is 5.69. The van der Waals surface area contributed by atoms with Gasteiger partial charge in [-0.05, 0) is 23.3 Å². The summed E-state index contributed by atoms with van der Waals surface area (Å²) in [6.45, 7) is 1.94. The molecule has 0 aliphatic carbocycles. The summed E-state index contributed by atoms with van der Waals surface area (Å²) in [5, 5.41) is 22.6. The van der Waals surface area contributed by atoms with Crippen LogP contribution in [0.4, 0.5) is 4.79 Å². The molecular formula is C20H21N5O6S2. The van der Waals surface area contributed by atoms with Gasteiger partial charge in [0, 0.05) is 25.0 Å². The Bertz CT molecular complexity index is 1100. The molecule has 13 heteroatoms. The van der Waals surface area contributed by atoms with Crippen LogP contribution in [-0.4, -0.2) is 68.1 Å². The summed E-state index contributed by atoms with van der Waals surface area (Å²) >= 11 is 2.62. The number of carbonyl (C=O) groups excluding carboxylic acids is 2. The van der Waals surface area contributed by atoms with Crippen LogP contribution < -0.4 is 15.4 Å². The third-order valence-corrected chi connectivity index (χ3v) is 7.27. The first-order valence-corrected chi connectivity index (χ1v) is 11.9. The Balaban J connectivity index is 1.35. The van der Waals surface area contributed by atoms with E-state index < -0.39 is 29.3 Å². The van der Waals surface area contributed by atoms with Crippen molar-refractivity contribution in [2.75, 3.05) is 18.6 Å². The number of aliphatic carboxylic acids is 1. The molecule has 0 spiro atoms. The molecule has 1 saturated heterocycles. The highest BCUT2D eigenvalue weighted by Crippen LogP contribution is 2.41. The number of amides is 3. The van der Waals surface area contributed by atoms with Gasteiger partial charge in [0.1, 0.15) is 22.9 Å². The zero-order chi connectivity index (χ0) is 23.5. The SMILES string of the molecule is COc1ccc(CNC(=O)NC2C(=O)N3C(C(=O)O)=C(CSc4nnc(C)o4)CS[C@@H]23)cc1. The lowest BCUT2D eigenvalue weighted by Crippen LogP contribution is -2.71. The topological polar surface area (TPSA) is 147 Å². The minimum absolute atomic E-state index is 0.0517. The molecule has 2 aliphatic rings. The number of carbonyl (C=O) groups is 3. The van der Waals surface area contributed by atoms with Gasteiger partial charge < -0.3 is 24.9 Å². The van der Waals surface area contributed by atoms with Gasteiger partial charge in [-0.15, -0.1) is 22.0 Å². The normalized spacial score (nSPS) is 19.6. The van der Waals surface area contributed by atoms with Crippen LogP contribution in [0.2, 0.25) is 0 Å². The second-order valence-corrected chi connectivity index (χ2v) is 9.23. The van der Waals surface area contributed by atoms with E-state index in [2.05, 4.69) is 20.8 Å². The first-order valence-electron chi connectivity index (χ1n) is 9.87. The van der Waals surface area contributed by atoms with Gasteiger partial charge in [-0.25, -0.2) is 9.59 Å². The predicted octanol–water partition coefficient (Wildman–Crippen LogP) is 1.60. The van der Waals surface area contributed by atoms with Crippen LogP contribution in [0.5, 0.6) is 5.75 Å². The van der Waals surface area contributed by atoms with Gasteiger partial charge in [-0.1, -0.05) is 23.9 Å². The molecule has 3 heterocycles. The van der Waals surface area contributed by atoms with Crippen LogP contribution in [0.25, 0.3) is 0 Å². The molecule has 1 unspecified atom stereocenters. The molecule has 1 aromatic carbocycles. The number of aryl methyl sites for hydroxylation is 1. The van der Waals surface area contributed by atoms with Crippen LogP contribution in [0.3, 0.4) is 0 Å². The third kappa shape index (κ3) is 4.93. The number of carboxylic acids is 1. The van der Waals surface area contributed by atoms with Gasteiger partial charge >= 0.3 is 12.0 Å². The van der Waals surface area contributed by atoms with Crippen LogP contribution in [-0.2, 0) is 16.1 Å². The maximum absolute atomic E-state index is 12.7. The smallest absolute Gasteiger partial charge is 0.352 e. The molecule has 0 bridgehead atoms. The van der Waals surface area contributed by atoms with E-state index in [1.165, 1.54) is 28.4 Å². The molecule has 174 valence electrons. The number of carboxylic acid groups (broad SMARTS) is 1. The standard InChI is InChI=1S/C20H21N5O6S2/c1-10-23-24-20(31-10)33-9-12-8-32-17-14(16(26)25(17)15(12)18(27)28)22-19(29)21-7-11-3-5-13(30-2)6-4-11/h3-6,14,17H,7-9H2,1-2H3,(H,27,28)(H2,21,22,29)/t14?,17-/m0/s1. The van der Waals surface area contributed by atoms with Gasteiger partial charge in [0.25, 0.3) is 11.1 Å². The Morgan fingerprint density at radius 3 is 2.73 bits per heavy atom. The van der Waals surface area contributed by atoms with Crippen LogP contribution in [0.15, 0.2) is 45.2 Å². The van der Waals surface area contributed by atoms with E-state index >= 15 is 0 Å². The van der Waals surface area contributed by atoms with E-state index in [4.69, 9.17) is 9.15 Å². The maximum atomic E-state index is 12.7. The number of β-lactam (4-membered cyclic amide) rings is 1. The molecule has 0 saturated carbocycles. The van der Waals surface area contributed by atoms with Gasteiger partial charge in [-0.3, -0.25) is 9.69 Å². The second kappa shape index (κ2) is 9.75. The summed E-state index contributed by atoms with van der Waals surface area (Å²) in [6.07, 6.45) is 0. The summed E-state index contributed by atoms with van der Waals surface area (Å²) in [7, 11) is 1.57. The van der Waals surface area contributed by atoms with E-state index in [1.54, 1.807) is 26.2 Å². The maximum Gasteiger partial charge on any atom is 0.352 e. The molecule has 4 rings (SSSR count). The highest BCUT2D eigenvalue weighted by atomic mass is 32.2. The molecular weight excluding hydrogens is 470 g/mol. The fourth-order valence-electron chi connectivity index (χ4n) is 3.40. The lowest BCUT2D eigenvalue weighted by molar-refractivity contribution is -0.148. The molecule has 33 heavy (non-hydrogen) atoms. The summed E-state index contributed by atoms with van der Waals surface area (Å²) in [6, 6.07) is 5.93. The second-order valence-electron chi connectivity index (χ2n) is 7.20. The van der Waals surface area contributed by atoms with Gasteiger partial charge in [-0.2, -0.15) is 0 Å². The zero-order valence-corrected chi connectivity index (χ0v) is 19.4. The molecule has 2 aromatic rings. The Morgan fingerprint density at radius 1 is 1.33 bits per heavy atom. The number of ether oxygens (including phenoxy) is 1. The van der Waals surface area contributed by atoms with Crippen molar-refractivity contribution in [2.24, 2.45) is 0 Å². The van der Waals surface area contributed by atoms with Crippen molar-refractivity contribution in [1.29, 1.82) is 0 Å². The molecule has 3 N–H and O–H groups in total. The Morgan fingerprint density at radius 2 is 2.09 bits per heavy atom. The van der Waals surface area contributed by atoms with E-state index in [-0.39, 0.29) is 12.2 Å². The van der Waals surface area contributed by atoms with E-state index in [0.29, 0.717) is 33.9 Å². The van der Waals surface area contributed by atoms with Crippen molar-refractivity contribution in [2.45, 2.75) is 30.1 Å². The highest BCUT2D eigenvalue weighted by Gasteiger charge is 2.54.